The van der Waals surface area contributed by atoms with Crippen LogP contribution in [-0.2, 0) is 9.53 Å². The molecule has 1 atom stereocenters. The van der Waals surface area contributed by atoms with E-state index < -0.39 is 34.3 Å². The first-order chi connectivity index (χ1) is 8.36. The Hall–Kier alpha value is -1.70. The molecular weight excluding hydrogens is 313 g/mol. The minimum atomic E-state index is -1.15. The zero-order valence-corrected chi connectivity index (χ0v) is 11.1. The van der Waals surface area contributed by atoms with Gasteiger partial charge in [-0.15, -0.1) is 0 Å². The molecule has 0 spiro atoms. The van der Waals surface area contributed by atoms with Crippen LogP contribution in [0.3, 0.4) is 0 Å². The quantitative estimate of drug-likeness (QED) is 0.483. The first kappa shape index (κ1) is 14.4. The van der Waals surface area contributed by atoms with Crippen molar-refractivity contribution in [3.63, 3.8) is 0 Å². The van der Waals surface area contributed by atoms with Crippen LogP contribution in [0.15, 0.2) is 16.6 Å². The summed E-state index contributed by atoms with van der Waals surface area (Å²) in [4.78, 5) is 21.1. The highest BCUT2D eigenvalue weighted by Crippen LogP contribution is 2.34. The van der Waals surface area contributed by atoms with E-state index in [4.69, 9.17) is 4.74 Å². The Labute approximate surface area is 110 Å². The number of ether oxygens (including phenoxy) is 2. The van der Waals surface area contributed by atoms with Crippen molar-refractivity contribution in [1.82, 2.24) is 0 Å². The van der Waals surface area contributed by atoms with Gasteiger partial charge in [-0.1, -0.05) is 15.9 Å². The molecule has 0 bridgehead atoms. The molecule has 6 nitrogen and oxygen atoms in total. The Morgan fingerprint density at radius 3 is 2.67 bits per heavy atom. The van der Waals surface area contributed by atoms with Crippen molar-refractivity contribution in [2.75, 3.05) is 7.11 Å². The van der Waals surface area contributed by atoms with E-state index in [1.54, 1.807) is 0 Å². The highest BCUT2D eigenvalue weighted by molar-refractivity contribution is 9.10. The standard InChI is InChI=1S/C10H9BrFNO5/c1-5(10(14)17-2)18-9-7(12)3-6(11)4-8(9)13(15)16/h3-5H,1-2H3. The molecule has 0 N–H and O–H groups in total. The smallest absolute Gasteiger partial charge is 0.346 e. The normalized spacial score (nSPS) is 11.8. The Balaban J connectivity index is 3.15. The number of carbonyl (C=O) groups is 1. The monoisotopic (exact) mass is 321 g/mol. The van der Waals surface area contributed by atoms with Gasteiger partial charge in [0.2, 0.25) is 5.75 Å². The fraction of sp³-hybridized carbons (Fsp3) is 0.300. The van der Waals surface area contributed by atoms with Crippen molar-refractivity contribution in [2.45, 2.75) is 13.0 Å². The first-order valence-corrected chi connectivity index (χ1v) is 5.54. The molecule has 0 aliphatic rings. The molecule has 1 aromatic carbocycles. The van der Waals surface area contributed by atoms with Crippen LogP contribution in [0.25, 0.3) is 0 Å². The first-order valence-electron chi connectivity index (χ1n) is 4.74. The number of benzene rings is 1. The van der Waals surface area contributed by atoms with Gasteiger partial charge < -0.3 is 9.47 Å². The molecule has 1 rings (SSSR count). The minimum Gasteiger partial charge on any atom is -0.470 e. The lowest BCUT2D eigenvalue weighted by Crippen LogP contribution is -2.25. The van der Waals surface area contributed by atoms with Crippen LogP contribution in [0, 0.1) is 15.9 Å². The van der Waals surface area contributed by atoms with Gasteiger partial charge in [-0.05, 0) is 13.0 Å². The Morgan fingerprint density at radius 2 is 2.17 bits per heavy atom. The summed E-state index contributed by atoms with van der Waals surface area (Å²) in [5.74, 6) is -2.29. The molecule has 1 aromatic rings. The van der Waals surface area contributed by atoms with Crippen molar-refractivity contribution in [3.8, 4) is 5.75 Å². The summed E-state index contributed by atoms with van der Waals surface area (Å²) in [5.41, 5.74) is -0.572. The lowest BCUT2D eigenvalue weighted by atomic mass is 10.3. The van der Waals surface area contributed by atoms with Crippen molar-refractivity contribution in [2.24, 2.45) is 0 Å². The van der Waals surface area contributed by atoms with Gasteiger partial charge in [0.1, 0.15) is 0 Å². The number of rotatable bonds is 4. The fourth-order valence-corrected chi connectivity index (χ4v) is 1.61. The third-order valence-electron chi connectivity index (χ3n) is 2.01. The minimum absolute atomic E-state index is 0.199. The third kappa shape index (κ3) is 3.16. The zero-order chi connectivity index (χ0) is 13.9. The molecule has 0 aromatic heterocycles. The number of methoxy groups -OCH3 is 1. The summed E-state index contributed by atoms with van der Waals surface area (Å²) in [7, 11) is 1.13. The molecule has 0 aliphatic heterocycles. The molecular formula is C10H9BrFNO5. The number of hydrogen-bond donors (Lipinski definition) is 0. The number of hydrogen-bond acceptors (Lipinski definition) is 5. The number of nitrogens with zero attached hydrogens (tertiary/aromatic N) is 1. The SMILES string of the molecule is COC(=O)C(C)Oc1c(F)cc(Br)cc1[N+](=O)[O-]. The molecule has 18 heavy (non-hydrogen) atoms. The number of nitro groups is 1. The predicted molar refractivity (Wildman–Crippen MR) is 62.9 cm³/mol. The maximum atomic E-state index is 13.6. The third-order valence-corrected chi connectivity index (χ3v) is 2.47. The van der Waals surface area contributed by atoms with Crippen LogP contribution in [0.1, 0.15) is 6.92 Å². The van der Waals surface area contributed by atoms with Crippen LogP contribution in [-0.4, -0.2) is 24.1 Å². The summed E-state index contributed by atoms with van der Waals surface area (Å²) in [6, 6.07) is 2.09. The van der Waals surface area contributed by atoms with Gasteiger partial charge in [0, 0.05) is 10.5 Å². The van der Waals surface area contributed by atoms with Gasteiger partial charge >= 0.3 is 11.7 Å². The molecule has 0 saturated heterocycles. The van der Waals surface area contributed by atoms with Gasteiger partial charge in [-0.25, -0.2) is 9.18 Å². The lowest BCUT2D eigenvalue weighted by molar-refractivity contribution is -0.386. The second kappa shape index (κ2) is 5.76. The van der Waals surface area contributed by atoms with E-state index in [1.807, 2.05) is 0 Å². The van der Waals surface area contributed by atoms with E-state index in [0.29, 0.717) is 0 Å². The van der Waals surface area contributed by atoms with Crippen molar-refractivity contribution >= 4 is 27.6 Å². The Morgan fingerprint density at radius 1 is 1.56 bits per heavy atom. The largest absolute Gasteiger partial charge is 0.470 e. The summed E-state index contributed by atoms with van der Waals surface area (Å²) in [6.45, 7) is 1.30. The maximum absolute atomic E-state index is 13.6. The van der Waals surface area contributed by atoms with Crippen molar-refractivity contribution in [1.29, 1.82) is 0 Å². The van der Waals surface area contributed by atoms with Crippen molar-refractivity contribution < 1.29 is 23.6 Å². The molecule has 98 valence electrons. The molecule has 8 heteroatoms. The highest BCUT2D eigenvalue weighted by atomic mass is 79.9. The average Bonchev–Trinajstić information content (AvgIpc) is 2.30. The second-order valence-corrected chi connectivity index (χ2v) is 4.19. The van der Waals surface area contributed by atoms with Crippen LogP contribution >= 0.6 is 15.9 Å². The van der Waals surface area contributed by atoms with Gasteiger partial charge in [0.05, 0.1) is 12.0 Å². The second-order valence-electron chi connectivity index (χ2n) is 3.28. The highest BCUT2D eigenvalue weighted by Gasteiger charge is 2.25. The fourth-order valence-electron chi connectivity index (χ4n) is 1.19. The molecule has 1 unspecified atom stereocenters. The number of nitro benzene ring substituents is 1. The van der Waals surface area contributed by atoms with Gasteiger partial charge in [-0.3, -0.25) is 10.1 Å². The zero-order valence-electron chi connectivity index (χ0n) is 9.48. The average molecular weight is 322 g/mol. The summed E-state index contributed by atoms with van der Waals surface area (Å²) < 4.78 is 23.1. The molecule has 0 fully saturated rings. The van der Waals surface area contributed by atoms with Crippen LogP contribution < -0.4 is 4.74 Å². The summed E-state index contributed by atoms with van der Waals surface area (Å²) >= 11 is 2.93. The molecule has 0 heterocycles. The summed E-state index contributed by atoms with van der Waals surface area (Å²) in [5, 5.41) is 10.8. The van der Waals surface area contributed by atoms with E-state index in [9.17, 15) is 19.3 Å². The predicted octanol–water partition coefficient (Wildman–Crippen LogP) is 2.44. The van der Waals surface area contributed by atoms with Crippen LogP contribution in [0.2, 0.25) is 0 Å². The summed E-state index contributed by atoms with van der Waals surface area (Å²) in [6.07, 6.45) is -1.15. The molecule has 0 saturated carbocycles. The van der Waals surface area contributed by atoms with Gasteiger partial charge in [-0.2, -0.15) is 0 Å². The molecule has 0 radical (unpaired) electrons. The number of esters is 1. The van der Waals surface area contributed by atoms with E-state index in [2.05, 4.69) is 20.7 Å². The van der Waals surface area contributed by atoms with Crippen LogP contribution in [0.4, 0.5) is 10.1 Å². The maximum Gasteiger partial charge on any atom is 0.346 e. The van der Waals surface area contributed by atoms with E-state index in [0.717, 1.165) is 19.2 Å². The number of halogens is 2. The molecule has 0 aliphatic carbocycles. The van der Waals surface area contributed by atoms with Crippen LogP contribution in [0.5, 0.6) is 5.75 Å². The Bertz CT molecular complexity index is 493. The van der Waals surface area contributed by atoms with Gasteiger partial charge in [0.25, 0.3) is 0 Å². The Kier molecular flexibility index (Phi) is 4.60. The van der Waals surface area contributed by atoms with E-state index >= 15 is 0 Å². The van der Waals surface area contributed by atoms with E-state index in [-0.39, 0.29) is 4.47 Å². The van der Waals surface area contributed by atoms with E-state index in [1.165, 1.54) is 6.92 Å². The lowest BCUT2D eigenvalue weighted by Gasteiger charge is -2.13. The van der Waals surface area contributed by atoms with Gasteiger partial charge in [0.15, 0.2) is 11.9 Å². The number of carbonyl (C=O) groups excluding carboxylic acids is 1. The topological polar surface area (TPSA) is 78.7 Å². The molecule has 0 amide bonds. The van der Waals surface area contributed by atoms with Crippen molar-refractivity contribution in [3.05, 3.63) is 32.5 Å².